The fourth-order valence-electron chi connectivity index (χ4n) is 2.79. The Labute approximate surface area is 223 Å². The molecule has 0 amide bonds. The number of aromatic nitrogens is 2. The lowest BCUT2D eigenvalue weighted by Gasteiger charge is -2.24. The summed E-state index contributed by atoms with van der Waals surface area (Å²) in [4.78, 5) is 42.3. The second-order valence-corrected chi connectivity index (χ2v) is 10.4. The molecular weight excluding hydrogens is 551 g/mol. The number of H-pyrrole nitrogens is 1. The summed E-state index contributed by atoms with van der Waals surface area (Å²) in [6, 6.07) is 0. The van der Waals surface area contributed by atoms with Crippen LogP contribution in [0.3, 0.4) is 0 Å². The van der Waals surface area contributed by atoms with E-state index in [0.717, 1.165) is 4.57 Å². The summed E-state index contributed by atoms with van der Waals surface area (Å²) in [5, 5.41) is 69.7. The Hall–Kier alpha value is -1.57. The van der Waals surface area contributed by atoms with Crippen LogP contribution in [-0.4, -0.2) is 125 Å². The van der Waals surface area contributed by atoms with Crippen molar-refractivity contribution in [2.75, 3.05) is 52.9 Å². The first-order valence-electron chi connectivity index (χ1n) is 11.8. The molecule has 1 saturated heterocycles. The number of phosphoric acid groups is 1. The van der Waals surface area contributed by atoms with Crippen LogP contribution in [0.4, 0.5) is 0 Å². The number of ether oxygens (including phenoxy) is 1. The smallest absolute Gasteiger partial charge is 0.396 e. The lowest BCUT2D eigenvalue weighted by molar-refractivity contribution is -0.0451. The molecule has 1 aliphatic heterocycles. The number of nitrogens with one attached hydrogen (secondary N) is 1. The van der Waals surface area contributed by atoms with E-state index in [9.17, 15) is 19.3 Å². The zero-order chi connectivity index (χ0) is 30.4. The molecule has 1 aliphatic rings. The van der Waals surface area contributed by atoms with Gasteiger partial charge < -0.3 is 55.4 Å². The lowest BCUT2D eigenvalue weighted by atomic mass is 9.88. The molecule has 11 N–H and O–H groups in total. The molecular formula is C21H41N2O15P. The molecule has 0 aliphatic carbocycles. The molecule has 0 radical (unpaired) electrons. The van der Waals surface area contributed by atoms with E-state index in [1.165, 1.54) is 13.1 Å². The maximum atomic E-state index is 11.7. The van der Waals surface area contributed by atoms with Gasteiger partial charge >= 0.3 is 13.5 Å². The van der Waals surface area contributed by atoms with Crippen LogP contribution in [0.5, 0.6) is 0 Å². The number of aliphatic hydroxyl groups excluding tert-OH is 8. The molecule has 1 aromatic rings. The van der Waals surface area contributed by atoms with Gasteiger partial charge in [0.15, 0.2) is 0 Å². The van der Waals surface area contributed by atoms with Crippen molar-refractivity contribution < 1.29 is 64.5 Å². The van der Waals surface area contributed by atoms with Crippen molar-refractivity contribution >= 4 is 7.82 Å². The molecule has 17 nitrogen and oxygen atoms in total. The highest BCUT2D eigenvalue weighted by molar-refractivity contribution is 7.46. The molecule has 3 atom stereocenters. The fourth-order valence-corrected chi connectivity index (χ4v) is 3.13. The monoisotopic (exact) mass is 592 g/mol. The predicted octanol–water partition coefficient (Wildman–Crippen LogP) is -4.10. The first-order chi connectivity index (χ1) is 18.2. The minimum atomic E-state index is -4.67. The van der Waals surface area contributed by atoms with Crippen molar-refractivity contribution in [1.82, 2.24) is 9.55 Å². The maximum absolute atomic E-state index is 11.7. The maximum Gasteiger partial charge on any atom is 0.469 e. The number of aryl methyl sites for hydroxylation is 1. The van der Waals surface area contributed by atoms with Crippen LogP contribution in [0.15, 0.2) is 15.8 Å². The number of hydrogen-bond acceptors (Lipinski definition) is 13. The van der Waals surface area contributed by atoms with Crippen LogP contribution in [0.2, 0.25) is 0 Å². The highest BCUT2D eigenvalue weighted by atomic mass is 31.2. The van der Waals surface area contributed by atoms with E-state index in [4.69, 9.17) is 50.3 Å². The molecule has 1 fully saturated rings. The van der Waals surface area contributed by atoms with Crippen LogP contribution in [0.25, 0.3) is 0 Å². The highest BCUT2D eigenvalue weighted by Crippen LogP contribution is 2.38. The molecule has 2 rings (SSSR count). The van der Waals surface area contributed by atoms with Crippen molar-refractivity contribution in [2.45, 2.75) is 45.1 Å². The van der Waals surface area contributed by atoms with Gasteiger partial charge in [-0.3, -0.25) is 18.9 Å². The number of hydrogen-bond donors (Lipinski definition) is 11. The Morgan fingerprint density at radius 1 is 0.974 bits per heavy atom. The molecule has 1 aromatic heterocycles. The second-order valence-electron chi connectivity index (χ2n) is 9.16. The minimum absolute atomic E-state index is 0.0283. The Morgan fingerprint density at radius 3 is 1.77 bits per heavy atom. The molecule has 39 heavy (non-hydrogen) atoms. The van der Waals surface area contributed by atoms with Crippen LogP contribution in [0, 0.1) is 17.8 Å². The Balaban J connectivity index is 0.000000667. The molecule has 0 unspecified atom stereocenters. The van der Waals surface area contributed by atoms with Crippen LogP contribution in [0.1, 0.15) is 31.6 Å². The van der Waals surface area contributed by atoms with Gasteiger partial charge in [0, 0.05) is 23.6 Å². The Kier molecular flexibility index (Phi) is 16.6. The molecule has 0 saturated carbocycles. The van der Waals surface area contributed by atoms with E-state index in [0.29, 0.717) is 12.0 Å². The van der Waals surface area contributed by atoms with Gasteiger partial charge in [0.25, 0.3) is 5.56 Å². The van der Waals surface area contributed by atoms with Gasteiger partial charge in [0.1, 0.15) is 12.3 Å². The summed E-state index contributed by atoms with van der Waals surface area (Å²) in [5.74, 6) is 0. The topological polar surface area (TPSA) is 293 Å². The zero-order valence-electron chi connectivity index (χ0n) is 21.8. The summed E-state index contributed by atoms with van der Waals surface area (Å²) < 4.78 is 21.4. The summed E-state index contributed by atoms with van der Waals surface area (Å²) in [6.07, 6.45) is -0.974. The van der Waals surface area contributed by atoms with Crippen molar-refractivity contribution in [3.63, 3.8) is 0 Å². The van der Waals surface area contributed by atoms with E-state index >= 15 is 0 Å². The number of aliphatic hydroxyl groups is 8. The number of phosphoric ester groups is 1. The van der Waals surface area contributed by atoms with Gasteiger partial charge in [-0.1, -0.05) is 6.92 Å². The first kappa shape index (κ1) is 37.4. The van der Waals surface area contributed by atoms with Crippen LogP contribution < -0.4 is 11.2 Å². The fraction of sp³-hybridized carbons (Fsp3) is 0.810. The molecule has 0 aromatic carbocycles. The van der Waals surface area contributed by atoms with Crippen molar-refractivity contribution in [3.05, 3.63) is 32.6 Å². The summed E-state index contributed by atoms with van der Waals surface area (Å²) in [6.45, 7) is 0.722. The van der Waals surface area contributed by atoms with E-state index in [1.807, 2.05) is 6.92 Å². The lowest BCUT2D eigenvalue weighted by Crippen LogP contribution is -2.37. The number of rotatable bonds is 12. The standard InChI is InChI=1S/C10H15N2O8P.C6H14O3.C5H12O4/c1-5-3-12(10(15)11-9(5)14)8-2-6(13)7(20-8)4-19-21(16,17)18;1-2-6(3-7,4-8)5-9;6-1-5(2-7,3-8)4-9/h3,6-8,13H,2,4H2,1H3,(H,11,14,15)(H2,16,17,18);7-9H,2-5H2,1H3;6-9H,1-4H2/t6-,7+,8+;;/m0../s1. The van der Waals surface area contributed by atoms with E-state index in [1.54, 1.807) is 0 Å². The number of nitrogens with zero attached hydrogens (tertiary/aromatic N) is 1. The second kappa shape index (κ2) is 17.3. The Bertz CT molecular complexity index is 931. The van der Waals surface area contributed by atoms with Crippen molar-refractivity contribution in [2.24, 2.45) is 10.8 Å². The molecule has 0 spiro atoms. The zero-order valence-corrected chi connectivity index (χ0v) is 22.7. The van der Waals surface area contributed by atoms with Gasteiger partial charge in [0.05, 0.1) is 64.4 Å². The first-order valence-corrected chi connectivity index (χ1v) is 13.3. The van der Waals surface area contributed by atoms with Crippen molar-refractivity contribution in [1.29, 1.82) is 0 Å². The van der Waals surface area contributed by atoms with Crippen LogP contribution in [-0.2, 0) is 13.8 Å². The Morgan fingerprint density at radius 2 is 1.44 bits per heavy atom. The van der Waals surface area contributed by atoms with E-state index in [2.05, 4.69) is 9.51 Å². The molecule has 0 bridgehead atoms. The van der Waals surface area contributed by atoms with Crippen LogP contribution >= 0.6 is 7.82 Å². The van der Waals surface area contributed by atoms with E-state index in [-0.39, 0.29) is 26.2 Å². The van der Waals surface area contributed by atoms with Crippen molar-refractivity contribution in [3.8, 4) is 0 Å². The summed E-state index contributed by atoms with van der Waals surface area (Å²) in [5.41, 5.74) is -2.70. The highest BCUT2D eigenvalue weighted by Gasteiger charge is 2.37. The van der Waals surface area contributed by atoms with Gasteiger partial charge in [-0.2, -0.15) is 0 Å². The van der Waals surface area contributed by atoms with Gasteiger partial charge in [-0.25, -0.2) is 9.36 Å². The predicted molar refractivity (Wildman–Crippen MR) is 133 cm³/mol. The average molecular weight is 593 g/mol. The third-order valence-corrected chi connectivity index (χ3v) is 6.65. The average Bonchev–Trinajstić information content (AvgIpc) is 3.29. The number of aromatic amines is 1. The third kappa shape index (κ3) is 11.8. The molecule has 230 valence electrons. The third-order valence-electron chi connectivity index (χ3n) is 6.17. The normalized spacial score (nSPS) is 19.6. The SMILES string of the molecule is CCC(CO)(CO)CO.Cc1cn([C@H]2C[C@H](O)[C@@H](COP(=O)(O)O)O2)c(=O)[nH]c1=O.OCC(CO)(CO)CO. The van der Waals surface area contributed by atoms with Gasteiger partial charge in [-0.15, -0.1) is 0 Å². The molecule has 2 heterocycles. The van der Waals surface area contributed by atoms with Gasteiger partial charge in [-0.05, 0) is 13.3 Å². The van der Waals surface area contributed by atoms with Gasteiger partial charge in [0.2, 0.25) is 0 Å². The minimum Gasteiger partial charge on any atom is -0.396 e. The molecule has 18 heteroatoms. The largest absolute Gasteiger partial charge is 0.469 e. The van der Waals surface area contributed by atoms with E-state index < -0.39 is 81.4 Å². The summed E-state index contributed by atoms with van der Waals surface area (Å²) in [7, 11) is -4.67. The quantitative estimate of drug-likeness (QED) is 0.103. The summed E-state index contributed by atoms with van der Waals surface area (Å²) >= 11 is 0.